The van der Waals surface area contributed by atoms with Gasteiger partial charge < -0.3 is 34.8 Å². The molecule has 1 heterocycles. The molecule has 13 nitrogen and oxygen atoms in total. The molecule has 352 valence electrons. The quantitative estimate of drug-likeness (QED) is 0.130. The molecule has 2 aromatic carbocycles. The SMILES string of the molecule is CC[C@H](C)[C@@H]([C@@H](CC(=O)N1CCC[C@H]1[C@H](OC)[C@@H](C)C(=O)N[C@@H](Cc1ccccc1)C(C)=O)OC)N(C)C(=O)[C@@H](NC(=O)[C@H](C(C)C)N(C)CCc1ccc(N(C)C)cc1)C(C)C. The highest BCUT2D eigenvalue weighted by molar-refractivity contribution is 5.90. The Morgan fingerprint density at radius 2 is 1.44 bits per heavy atom. The van der Waals surface area contributed by atoms with Gasteiger partial charge in [0.15, 0.2) is 5.78 Å². The van der Waals surface area contributed by atoms with Crippen molar-refractivity contribution >= 4 is 35.1 Å². The van der Waals surface area contributed by atoms with E-state index in [1.165, 1.54) is 12.5 Å². The van der Waals surface area contributed by atoms with E-state index in [9.17, 15) is 24.0 Å². The van der Waals surface area contributed by atoms with Crippen LogP contribution in [-0.2, 0) is 46.3 Å². The van der Waals surface area contributed by atoms with Crippen LogP contribution in [0.1, 0.15) is 92.2 Å². The molecule has 0 saturated carbocycles. The highest BCUT2D eigenvalue weighted by Gasteiger charge is 2.43. The standard InChI is InChI=1S/C50H80N6O7/c1-15-34(6)46(55(12)50(61)44(32(2)3)52-49(60)45(33(4)5)54(11)29-27-37-23-25-39(26-24-37)53(9)10)42(62-13)31-43(58)56-28-19-22-41(56)47(63-14)35(7)48(59)51-40(36(8)57)30-38-20-17-16-18-21-38/h16-18,20-21,23-26,32-35,40-42,44-47H,15,19,22,27-31H2,1-14H3,(H,51,59)(H,52,60)/t34-,35+,40-,41-,42+,44-,45-,46-,47+/m0/s1. The monoisotopic (exact) mass is 877 g/mol. The number of carbonyl (C=O) groups is 5. The molecule has 0 unspecified atom stereocenters. The van der Waals surface area contributed by atoms with Gasteiger partial charge in [0, 0.05) is 54.1 Å². The summed E-state index contributed by atoms with van der Waals surface area (Å²) in [5.41, 5.74) is 3.26. The summed E-state index contributed by atoms with van der Waals surface area (Å²) in [4.78, 5) is 77.0. The van der Waals surface area contributed by atoms with E-state index in [0.717, 1.165) is 30.5 Å². The number of rotatable bonds is 25. The minimum atomic E-state index is -0.802. The second kappa shape index (κ2) is 25.2. The highest BCUT2D eigenvalue weighted by Crippen LogP contribution is 2.30. The van der Waals surface area contributed by atoms with Crippen molar-refractivity contribution in [1.29, 1.82) is 0 Å². The number of hydrogen-bond donors (Lipinski definition) is 2. The number of nitrogens with one attached hydrogen (secondary N) is 2. The molecule has 0 spiro atoms. The number of carbonyl (C=O) groups excluding carboxylic acids is 5. The second-order valence-corrected chi connectivity index (χ2v) is 18.7. The number of nitrogens with zero attached hydrogens (tertiary/aromatic N) is 4. The van der Waals surface area contributed by atoms with Crippen LogP contribution in [0, 0.1) is 23.7 Å². The lowest BCUT2D eigenvalue weighted by Gasteiger charge is -2.41. The summed E-state index contributed by atoms with van der Waals surface area (Å²) in [6.45, 7) is 16.4. The third-order valence-electron chi connectivity index (χ3n) is 13.2. The van der Waals surface area contributed by atoms with Crippen molar-refractivity contribution in [2.75, 3.05) is 60.4 Å². The normalized spacial score (nSPS) is 18.0. The number of ether oxygens (including phenoxy) is 2. The molecule has 1 aliphatic rings. The molecule has 63 heavy (non-hydrogen) atoms. The van der Waals surface area contributed by atoms with Crippen LogP contribution in [0.5, 0.6) is 0 Å². The van der Waals surface area contributed by atoms with Gasteiger partial charge in [0.25, 0.3) is 0 Å². The van der Waals surface area contributed by atoms with Crippen molar-refractivity contribution < 1.29 is 33.4 Å². The molecular formula is C50H80N6O7. The fraction of sp³-hybridized carbons (Fsp3) is 0.660. The van der Waals surface area contributed by atoms with Crippen molar-refractivity contribution in [2.24, 2.45) is 23.7 Å². The molecule has 13 heteroatoms. The number of anilines is 1. The fourth-order valence-electron chi connectivity index (χ4n) is 9.14. The predicted octanol–water partition coefficient (Wildman–Crippen LogP) is 5.63. The first-order chi connectivity index (χ1) is 29.8. The summed E-state index contributed by atoms with van der Waals surface area (Å²) in [5, 5.41) is 6.10. The van der Waals surface area contributed by atoms with E-state index in [4.69, 9.17) is 9.47 Å². The van der Waals surface area contributed by atoms with E-state index in [2.05, 4.69) is 58.5 Å². The molecule has 0 radical (unpaired) electrons. The molecule has 0 bridgehead atoms. The zero-order valence-electron chi connectivity index (χ0n) is 40.9. The van der Waals surface area contributed by atoms with Gasteiger partial charge in [-0.1, -0.05) is 97.4 Å². The van der Waals surface area contributed by atoms with Crippen molar-refractivity contribution in [3.63, 3.8) is 0 Å². The zero-order valence-corrected chi connectivity index (χ0v) is 40.9. The summed E-state index contributed by atoms with van der Waals surface area (Å²) >= 11 is 0. The number of Topliss-reactive ketones (excluding diaryl/α,β-unsaturated/α-hetero) is 1. The summed E-state index contributed by atoms with van der Waals surface area (Å²) in [5.74, 6) is -1.95. The first-order valence-corrected chi connectivity index (χ1v) is 23.0. The summed E-state index contributed by atoms with van der Waals surface area (Å²) in [6, 6.07) is 15.2. The molecule has 0 aliphatic carbocycles. The van der Waals surface area contributed by atoms with E-state index < -0.39 is 42.3 Å². The van der Waals surface area contributed by atoms with Gasteiger partial charge in [-0.15, -0.1) is 0 Å². The Hall–Kier alpha value is -4.33. The largest absolute Gasteiger partial charge is 0.379 e. The Kier molecular flexibility index (Phi) is 21.2. The van der Waals surface area contributed by atoms with Gasteiger partial charge >= 0.3 is 0 Å². The van der Waals surface area contributed by atoms with E-state index in [0.29, 0.717) is 25.9 Å². The summed E-state index contributed by atoms with van der Waals surface area (Å²) in [7, 11) is 10.9. The molecule has 1 saturated heterocycles. The first kappa shape index (κ1) is 53.0. The topological polar surface area (TPSA) is 141 Å². The van der Waals surface area contributed by atoms with E-state index in [1.54, 1.807) is 38.0 Å². The maximum absolute atomic E-state index is 14.6. The maximum atomic E-state index is 14.6. The van der Waals surface area contributed by atoms with Gasteiger partial charge in [-0.05, 0) is 80.7 Å². The molecule has 4 amide bonds. The molecule has 1 aliphatic heterocycles. The Morgan fingerprint density at radius 3 is 1.97 bits per heavy atom. The van der Waals surface area contributed by atoms with Crippen molar-refractivity contribution in [3.8, 4) is 0 Å². The smallest absolute Gasteiger partial charge is 0.245 e. The minimum absolute atomic E-state index is 0.00917. The highest BCUT2D eigenvalue weighted by atomic mass is 16.5. The Labute approximate surface area is 379 Å². The number of amides is 4. The minimum Gasteiger partial charge on any atom is -0.379 e. The molecule has 2 N–H and O–H groups in total. The Bertz CT molecular complexity index is 1750. The zero-order chi connectivity index (χ0) is 47.1. The van der Waals surface area contributed by atoms with Crippen LogP contribution in [-0.4, -0.2) is 142 Å². The molecule has 9 atom stereocenters. The van der Waals surface area contributed by atoms with Crippen LogP contribution in [0.2, 0.25) is 0 Å². The molecular weight excluding hydrogens is 797 g/mol. The number of hydrogen-bond acceptors (Lipinski definition) is 9. The lowest BCUT2D eigenvalue weighted by atomic mass is 9.89. The third-order valence-corrected chi connectivity index (χ3v) is 13.2. The number of benzene rings is 2. The maximum Gasteiger partial charge on any atom is 0.245 e. The average Bonchev–Trinajstić information content (AvgIpc) is 3.74. The molecule has 1 fully saturated rings. The van der Waals surface area contributed by atoms with Gasteiger partial charge in [0.1, 0.15) is 6.04 Å². The number of ketones is 1. The average molecular weight is 877 g/mol. The van der Waals surface area contributed by atoms with Crippen LogP contribution >= 0.6 is 0 Å². The number of methoxy groups -OCH3 is 2. The molecule has 3 rings (SSSR count). The third kappa shape index (κ3) is 14.6. The Balaban J connectivity index is 1.76. The lowest BCUT2D eigenvalue weighted by molar-refractivity contribution is -0.148. The van der Waals surface area contributed by atoms with E-state index in [1.807, 2.05) is 79.2 Å². The van der Waals surface area contributed by atoms with E-state index >= 15 is 0 Å². The van der Waals surface area contributed by atoms with Crippen LogP contribution in [0.3, 0.4) is 0 Å². The van der Waals surface area contributed by atoms with E-state index in [-0.39, 0.29) is 59.6 Å². The second-order valence-electron chi connectivity index (χ2n) is 18.7. The summed E-state index contributed by atoms with van der Waals surface area (Å²) in [6.07, 6.45) is 2.02. The number of likely N-dealkylation sites (tertiary alicyclic amines) is 1. The Morgan fingerprint density at radius 1 is 0.810 bits per heavy atom. The van der Waals surface area contributed by atoms with Gasteiger partial charge in [0.05, 0.1) is 48.7 Å². The predicted molar refractivity (Wildman–Crippen MR) is 251 cm³/mol. The van der Waals surface area contributed by atoms with Crippen LogP contribution in [0.4, 0.5) is 5.69 Å². The first-order valence-electron chi connectivity index (χ1n) is 23.0. The van der Waals surface area contributed by atoms with Crippen LogP contribution < -0.4 is 15.5 Å². The van der Waals surface area contributed by atoms with Crippen molar-refractivity contribution in [1.82, 2.24) is 25.3 Å². The van der Waals surface area contributed by atoms with Crippen molar-refractivity contribution in [3.05, 3.63) is 65.7 Å². The van der Waals surface area contributed by atoms with Gasteiger partial charge in [0.2, 0.25) is 23.6 Å². The lowest BCUT2D eigenvalue weighted by Crippen LogP contribution is -2.60. The van der Waals surface area contributed by atoms with Crippen molar-refractivity contribution in [2.45, 2.75) is 136 Å². The fourth-order valence-corrected chi connectivity index (χ4v) is 9.14. The molecule has 0 aromatic heterocycles. The van der Waals surface area contributed by atoms with Gasteiger partial charge in [-0.2, -0.15) is 0 Å². The number of likely N-dealkylation sites (N-methyl/N-ethyl adjacent to an activating group) is 2. The van der Waals surface area contributed by atoms with Crippen LogP contribution in [0.15, 0.2) is 54.6 Å². The van der Waals surface area contributed by atoms with Gasteiger partial charge in [-0.25, -0.2) is 0 Å². The molecule has 2 aromatic rings. The summed E-state index contributed by atoms with van der Waals surface area (Å²) < 4.78 is 12.1. The van der Waals surface area contributed by atoms with Gasteiger partial charge in [-0.3, -0.25) is 28.9 Å². The van der Waals surface area contributed by atoms with Crippen LogP contribution in [0.25, 0.3) is 0 Å².